The Morgan fingerprint density at radius 3 is 0.856 bits per heavy atom. The molecule has 18 atom stereocenters. The first kappa shape index (κ1) is 107. The first-order chi connectivity index (χ1) is 63.2. The van der Waals surface area contributed by atoms with E-state index in [1.54, 1.807) is 48.5 Å². The second-order valence-corrected chi connectivity index (χ2v) is 31.0. The van der Waals surface area contributed by atoms with Crippen LogP contribution in [0.3, 0.4) is 0 Å². The SMILES string of the molecule is CCCOC[C@H]1O[C@@H](n2cc(C)c(=O)[nH]c2=O)CC1N=[N+]=[N-].CCCOC[C@H]1O[C@@H](n2cc(C)c(=O)n(CCC)c2=O)CC1N=[N+]=[N-].CCOC[C@H]1O[C@@H](n2cc(C)c(=O)[nH]c2=O)CC1N=[N+]=[N-].CCOC[C@H]1O[C@@H](n2cc(C)c(=O)n(CC)c2=O)CC1N=[N+]=[N-].COC[C@H]1O[C@@H](n2cc(C)c(=O)[nH]c2=O)CC1N=[N+]=[N-].COC[C@H]1O[C@@H](n2cc(C)c(=O)n(C)c2=O)CC1N=[N+]=[N-]. The molecule has 6 aromatic rings. The number of methoxy groups -OCH3 is 2. The predicted octanol–water partition coefficient (Wildman–Crippen LogP) is 6.47. The van der Waals surface area contributed by atoms with Crippen molar-refractivity contribution in [3.8, 4) is 0 Å². The summed E-state index contributed by atoms with van der Waals surface area (Å²) in [5.74, 6) is 0. The third kappa shape index (κ3) is 28.0. The van der Waals surface area contributed by atoms with E-state index in [0.29, 0.717) is 125 Å². The van der Waals surface area contributed by atoms with Gasteiger partial charge in [-0.15, -0.1) is 0 Å². The highest BCUT2D eigenvalue weighted by Crippen LogP contribution is 2.36. The second-order valence-electron chi connectivity index (χ2n) is 31.0. The topological polar surface area (TPSA) is 700 Å². The molecule has 0 amide bonds. The van der Waals surface area contributed by atoms with Gasteiger partial charge in [0.1, 0.15) is 37.4 Å². The summed E-state index contributed by atoms with van der Waals surface area (Å²) in [5.41, 5.74) is 49.3. The Morgan fingerprint density at radius 1 is 0.341 bits per heavy atom. The third-order valence-electron chi connectivity index (χ3n) is 21.6. The van der Waals surface area contributed by atoms with Gasteiger partial charge in [0.2, 0.25) is 0 Å². The van der Waals surface area contributed by atoms with Crippen molar-refractivity contribution in [2.75, 3.05) is 80.3 Å². The Labute approximate surface area is 750 Å². The molecule has 0 aliphatic carbocycles. The zero-order valence-corrected chi connectivity index (χ0v) is 76.1. The number of nitrogens with zero attached hydrogens (tertiary/aromatic N) is 27. The zero-order chi connectivity index (χ0) is 97.2. The number of aromatic amines is 3. The number of H-pyrrole nitrogens is 3. The molecule has 720 valence electrons. The monoisotopic (exact) mass is 1850 g/mol. The van der Waals surface area contributed by atoms with Crippen molar-refractivity contribution in [2.45, 2.75) is 264 Å². The Bertz CT molecular complexity index is 5990. The molecular weight excluding hydrogens is 1740 g/mol. The molecule has 0 spiro atoms. The minimum Gasteiger partial charge on any atom is -0.382 e. The smallest absolute Gasteiger partial charge is 0.333 e. The van der Waals surface area contributed by atoms with Gasteiger partial charge in [0.05, 0.1) is 113 Å². The summed E-state index contributed by atoms with van der Waals surface area (Å²) in [6, 6.07) is -2.47. The normalized spacial score (nSPS) is 24.2. The standard InChI is InChI=1S/C16H25N5O4.C14H21N5O4.C13H19N5O4.2C12H17N5O4.C11H15N5O4/c1-4-6-20-15(22)11(3)9-21(16(20)23)14-8-12(18-19-17)13(25-14)10-24-7-5-2;1-4-18-13(20)9(3)7-19(14(18)21)12-6-10(16-17-15)11(23-12)8-22-5-2;1-3-4-21-7-10-9(16-17-14)5-11(22-10)18-6-8(2)12(19)15-13(18)20;1-7-5-17(12(19)16(2)11(7)18)10-4-8(14-15-13)9(21-10)6-20-3;1-3-20-6-9-8(15-16-13)4-10(21-9)17-5-7(2)11(18)14-12(17)19;1-6-4-16(11(18)13-10(6)17)9-3-7(14-15-12)8(20-9)5-19-2/h9,12-14H,4-8,10H2,1-3H3;7,10-12H,4-6,8H2,1-3H3;6,9-11H,3-5,7H2,1-2H3,(H,15,19,20);5,8-10H,4,6H2,1-3H3;5,8-10H,3-4,6H2,1-2H3,(H,14,18,19);4,7-9H,3,5H2,1-2H3,(H,13,17,18)/t12?,13-,14-;10?,11-,12-;9?,10-,11-;2*8?,9-,10-;7?,8-,9-/m111111/s1. The van der Waals surface area contributed by atoms with Crippen molar-refractivity contribution in [1.82, 2.24) is 56.1 Å². The van der Waals surface area contributed by atoms with E-state index in [1.165, 1.54) is 90.4 Å². The lowest BCUT2D eigenvalue weighted by molar-refractivity contribution is -0.0457. The summed E-state index contributed by atoms with van der Waals surface area (Å²) in [7, 11) is 4.45. The number of ether oxygens (including phenoxy) is 12. The van der Waals surface area contributed by atoms with Gasteiger partial charge in [0.15, 0.2) is 0 Å². The van der Waals surface area contributed by atoms with Crippen LogP contribution in [0.4, 0.5) is 0 Å². The van der Waals surface area contributed by atoms with E-state index in [-0.39, 0.29) is 49.7 Å². The lowest BCUT2D eigenvalue weighted by Crippen LogP contribution is -2.42. The van der Waals surface area contributed by atoms with Crippen LogP contribution in [-0.2, 0) is 77.0 Å². The highest BCUT2D eigenvalue weighted by Gasteiger charge is 2.43. The van der Waals surface area contributed by atoms with E-state index in [9.17, 15) is 57.5 Å². The average molecular weight is 1860 g/mol. The maximum absolute atomic E-state index is 12.7. The molecule has 54 nitrogen and oxygen atoms in total. The van der Waals surface area contributed by atoms with Gasteiger partial charge in [-0.2, -0.15) is 0 Å². The maximum Gasteiger partial charge on any atom is 0.333 e. The predicted molar refractivity (Wildman–Crippen MR) is 472 cm³/mol. The fourth-order valence-corrected chi connectivity index (χ4v) is 14.9. The van der Waals surface area contributed by atoms with E-state index < -0.39 is 161 Å². The minimum atomic E-state index is -0.589. The fraction of sp³-hybridized carbons (Fsp3) is 0.692. The molecule has 0 bridgehead atoms. The van der Waals surface area contributed by atoms with E-state index in [0.717, 1.165) is 22.0 Å². The summed E-state index contributed by atoms with van der Waals surface area (Å²) in [6.07, 6.45) is 7.41. The first-order valence-electron chi connectivity index (χ1n) is 42.6. The Hall–Kier alpha value is -12.5. The molecule has 12 heterocycles. The Morgan fingerprint density at radius 2 is 0.591 bits per heavy atom. The van der Waals surface area contributed by atoms with Gasteiger partial charge in [0, 0.05) is 199 Å². The van der Waals surface area contributed by atoms with E-state index in [2.05, 4.69) is 75.1 Å². The van der Waals surface area contributed by atoms with Crippen LogP contribution in [0.1, 0.15) is 170 Å². The number of aromatic nitrogens is 12. The van der Waals surface area contributed by atoms with Crippen LogP contribution >= 0.6 is 0 Å². The number of rotatable bonds is 33. The summed E-state index contributed by atoms with van der Waals surface area (Å²) in [4.78, 5) is 166. The summed E-state index contributed by atoms with van der Waals surface area (Å²) < 4.78 is 77.9. The largest absolute Gasteiger partial charge is 0.382 e. The molecule has 12 rings (SSSR count). The summed E-state index contributed by atoms with van der Waals surface area (Å²) in [5, 5.41) is 22.3. The van der Waals surface area contributed by atoms with Crippen LogP contribution < -0.4 is 67.5 Å². The molecule has 6 aromatic heterocycles. The van der Waals surface area contributed by atoms with Gasteiger partial charge in [-0.1, -0.05) is 51.5 Å². The lowest BCUT2D eigenvalue weighted by atomic mass is 10.1. The number of nitrogens with one attached hydrogen (secondary N) is 3. The molecular formula is C78H114N30O24. The zero-order valence-electron chi connectivity index (χ0n) is 76.1. The molecule has 54 heteroatoms. The van der Waals surface area contributed by atoms with Crippen molar-refractivity contribution >= 4 is 0 Å². The van der Waals surface area contributed by atoms with E-state index in [4.69, 9.17) is 90.0 Å². The molecule has 0 radical (unpaired) electrons. The highest BCUT2D eigenvalue weighted by molar-refractivity contribution is 5.10. The number of hydrogen-bond acceptors (Lipinski definition) is 30. The van der Waals surface area contributed by atoms with Gasteiger partial charge in [-0.05, 0) is 115 Å². The molecule has 6 aliphatic rings. The van der Waals surface area contributed by atoms with Crippen LogP contribution in [0.5, 0.6) is 0 Å². The molecule has 6 saturated heterocycles. The molecule has 6 aliphatic heterocycles. The quantitative estimate of drug-likeness (QED) is 0.0172. The van der Waals surface area contributed by atoms with Crippen LogP contribution in [0, 0.1) is 41.5 Å². The average Bonchev–Trinajstić information content (AvgIpc) is 1.43. The van der Waals surface area contributed by atoms with Gasteiger partial charge < -0.3 is 56.8 Å². The summed E-state index contributed by atoms with van der Waals surface area (Å²) in [6.45, 7) is 25.7. The number of hydrogen-bond donors (Lipinski definition) is 3. The molecule has 6 unspecified atom stereocenters. The van der Waals surface area contributed by atoms with Crippen molar-refractivity contribution < 1.29 is 56.8 Å². The molecule has 0 saturated carbocycles. The fourth-order valence-electron chi connectivity index (χ4n) is 14.9. The highest BCUT2D eigenvalue weighted by atomic mass is 16.6. The first-order valence-corrected chi connectivity index (χ1v) is 42.6. The van der Waals surface area contributed by atoms with Crippen molar-refractivity contribution in [2.24, 2.45) is 37.7 Å². The van der Waals surface area contributed by atoms with Gasteiger partial charge in [-0.3, -0.25) is 84.8 Å². The number of aryl methyl sites for hydroxylation is 6. The van der Waals surface area contributed by atoms with Crippen LogP contribution in [0.2, 0.25) is 0 Å². The minimum absolute atomic E-state index is 0.261. The molecule has 0 aromatic carbocycles. The van der Waals surface area contributed by atoms with E-state index in [1.807, 2.05) is 34.6 Å². The number of azide groups is 6. The lowest BCUT2D eigenvalue weighted by Gasteiger charge is -2.18. The van der Waals surface area contributed by atoms with E-state index >= 15 is 0 Å². The van der Waals surface area contributed by atoms with Crippen molar-refractivity contribution in [1.29, 1.82) is 0 Å². The Balaban J connectivity index is 0.000000217. The van der Waals surface area contributed by atoms with Crippen molar-refractivity contribution in [3.63, 3.8) is 0 Å². The second kappa shape index (κ2) is 52.5. The third-order valence-corrected chi connectivity index (χ3v) is 21.6. The molecule has 6 fully saturated rings. The van der Waals surface area contributed by atoms with Crippen LogP contribution in [-0.4, -0.2) is 209 Å². The van der Waals surface area contributed by atoms with Gasteiger partial charge >= 0.3 is 34.1 Å². The van der Waals surface area contributed by atoms with Crippen LogP contribution in [0.15, 0.2) is 125 Å². The summed E-state index contributed by atoms with van der Waals surface area (Å²) >= 11 is 0. The van der Waals surface area contributed by atoms with Crippen molar-refractivity contribution in [3.05, 3.63) is 258 Å². The van der Waals surface area contributed by atoms with Gasteiger partial charge in [-0.25, -0.2) is 28.8 Å². The van der Waals surface area contributed by atoms with Crippen LogP contribution in [0.25, 0.3) is 62.7 Å². The van der Waals surface area contributed by atoms with Gasteiger partial charge in [0.25, 0.3) is 33.4 Å². The Kier molecular flexibility index (Phi) is 42.3. The maximum atomic E-state index is 12.7. The molecule has 3 N–H and O–H groups in total. The molecule has 132 heavy (non-hydrogen) atoms.